The molecule has 5 atom stereocenters. The normalized spacial score (nSPS) is 24.0. The summed E-state index contributed by atoms with van der Waals surface area (Å²) in [7, 11) is 1.61. The van der Waals surface area contributed by atoms with Crippen molar-refractivity contribution in [1.29, 1.82) is 0 Å². The van der Waals surface area contributed by atoms with Gasteiger partial charge in [-0.05, 0) is 50.0 Å². The van der Waals surface area contributed by atoms with E-state index in [2.05, 4.69) is 19.2 Å². The predicted octanol–water partition coefficient (Wildman–Crippen LogP) is 5.85. The number of rotatable bonds is 16. The highest BCUT2D eigenvalue weighted by Crippen LogP contribution is 2.41. The Bertz CT molecular complexity index is 1100. The van der Waals surface area contributed by atoms with Crippen LogP contribution in [0.25, 0.3) is 0 Å². The Morgan fingerprint density at radius 1 is 1.04 bits per heavy atom. The van der Waals surface area contributed by atoms with Gasteiger partial charge in [0.25, 0.3) is 5.91 Å². The molecule has 2 aliphatic heterocycles. The number of hydrogen-bond donors (Lipinski definition) is 1. The van der Waals surface area contributed by atoms with Crippen molar-refractivity contribution in [3.63, 3.8) is 0 Å². The molecule has 0 radical (unpaired) electrons. The fourth-order valence-corrected chi connectivity index (χ4v) is 8.15. The quantitative estimate of drug-likeness (QED) is 0.178. The number of benzene rings is 1. The molecule has 3 aliphatic rings. The summed E-state index contributed by atoms with van der Waals surface area (Å²) in [4.78, 5) is 44.5. The largest absolute Gasteiger partial charge is 0.465 e. The Morgan fingerprint density at radius 3 is 2.35 bits per heavy atom. The zero-order valence-electron chi connectivity index (χ0n) is 28.8. The van der Waals surface area contributed by atoms with E-state index in [0.717, 1.165) is 19.3 Å². The first kappa shape index (κ1) is 36.3. The van der Waals surface area contributed by atoms with Gasteiger partial charge in [-0.2, -0.15) is 0 Å². The number of esters is 1. The number of nitrogens with one attached hydrogen (secondary N) is 1. The number of amides is 2. The number of likely N-dealkylation sites (tertiary alicyclic amines) is 1. The third-order valence-electron chi connectivity index (χ3n) is 10.5. The third kappa shape index (κ3) is 8.50. The second kappa shape index (κ2) is 17.6. The van der Waals surface area contributed by atoms with E-state index in [9.17, 15) is 9.59 Å². The molecule has 1 aromatic carbocycles. The minimum absolute atomic E-state index is 0.0356. The van der Waals surface area contributed by atoms with Gasteiger partial charge in [-0.1, -0.05) is 89.6 Å². The maximum absolute atomic E-state index is 15.1. The van der Waals surface area contributed by atoms with Crippen molar-refractivity contribution in [3.8, 4) is 0 Å². The van der Waals surface area contributed by atoms with Crippen LogP contribution in [0, 0.1) is 29.6 Å². The van der Waals surface area contributed by atoms with Gasteiger partial charge in [0.1, 0.15) is 6.79 Å². The zero-order valence-corrected chi connectivity index (χ0v) is 28.8. The lowest BCUT2D eigenvalue weighted by Crippen LogP contribution is -2.60. The van der Waals surface area contributed by atoms with Crippen LogP contribution in [0.5, 0.6) is 0 Å². The lowest BCUT2D eigenvalue weighted by molar-refractivity contribution is -0.172. The molecule has 1 saturated carbocycles. The van der Waals surface area contributed by atoms with Crippen LogP contribution >= 0.6 is 0 Å². The van der Waals surface area contributed by atoms with Crippen molar-refractivity contribution < 1.29 is 33.3 Å². The lowest BCUT2D eigenvalue weighted by atomic mass is 9.74. The molecule has 9 heteroatoms. The molecule has 4 rings (SSSR count). The Kier molecular flexibility index (Phi) is 13.9. The van der Waals surface area contributed by atoms with E-state index in [1.54, 1.807) is 7.11 Å². The molecular weight excluding hydrogens is 584 g/mol. The molecule has 3 unspecified atom stereocenters. The van der Waals surface area contributed by atoms with Gasteiger partial charge in [-0.25, -0.2) is 0 Å². The van der Waals surface area contributed by atoms with E-state index in [1.165, 1.54) is 19.3 Å². The monoisotopic (exact) mass is 642 g/mol. The highest BCUT2D eigenvalue weighted by atomic mass is 16.7. The van der Waals surface area contributed by atoms with E-state index in [4.69, 9.17) is 18.9 Å². The molecule has 258 valence electrons. The molecule has 0 bridgehead atoms. The molecular formula is C37H58N2O7. The van der Waals surface area contributed by atoms with Gasteiger partial charge in [0, 0.05) is 38.8 Å². The molecule has 0 aromatic heterocycles. The molecule has 0 spiro atoms. The zero-order chi connectivity index (χ0) is 33.1. The van der Waals surface area contributed by atoms with E-state index < -0.39 is 11.5 Å². The highest BCUT2D eigenvalue weighted by Gasteiger charge is 2.54. The summed E-state index contributed by atoms with van der Waals surface area (Å²) < 4.78 is 23.1. The van der Waals surface area contributed by atoms with Crippen molar-refractivity contribution in [2.24, 2.45) is 29.6 Å². The van der Waals surface area contributed by atoms with Gasteiger partial charge in [-0.15, -0.1) is 0 Å². The number of hydrogen-bond acceptors (Lipinski definition) is 7. The smallest absolute Gasteiger partial charge is 0.309 e. The molecule has 1 N–H and O–H groups in total. The van der Waals surface area contributed by atoms with Crippen LogP contribution in [-0.2, 0) is 38.9 Å². The minimum atomic E-state index is -1.53. The number of methoxy groups -OCH3 is 1. The van der Waals surface area contributed by atoms with E-state index in [0.29, 0.717) is 56.9 Å². The summed E-state index contributed by atoms with van der Waals surface area (Å²) in [6.45, 7) is 9.92. The first-order chi connectivity index (χ1) is 22.3. The molecule has 2 amide bonds. The molecule has 1 aliphatic carbocycles. The first-order valence-corrected chi connectivity index (χ1v) is 17.8. The summed E-state index contributed by atoms with van der Waals surface area (Å²) in [6, 6.07) is 9.26. The van der Waals surface area contributed by atoms with E-state index in [-0.39, 0.29) is 61.1 Å². The van der Waals surface area contributed by atoms with Gasteiger partial charge >= 0.3 is 5.97 Å². The number of nitrogens with zero attached hydrogens (tertiary/aromatic N) is 1. The summed E-state index contributed by atoms with van der Waals surface area (Å²) in [5.74, 6) is -1.15. The Hall–Kier alpha value is -2.49. The van der Waals surface area contributed by atoms with E-state index in [1.807, 2.05) is 49.1 Å². The van der Waals surface area contributed by atoms with Crippen molar-refractivity contribution in [2.45, 2.75) is 110 Å². The second-order valence-corrected chi connectivity index (χ2v) is 13.9. The molecule has 9 nitrogen and oxygen atoms in total. The number of carbonyl (C=O) groups is 3. The molecule has 46 heavy (non-hydrogen) atoms. The number of ether oxygens (including phenoxy) is 4. The summed E-state index contributed by atoms with van der Waals surface area (Å²) in [5.41, 5.74) is -0.858. The van der Waals surface area contributed by atoms with Crippen LogP contribution in [0.3, 0.4) is 0 Å². The predicted molar refractivity (Wildman–Crippen MR) is 177 cm³/mol. The number of piperidine rings is 1. The number of cyclic esters (lactones) is 1. The van der Waals surface area contributed by atoms with Crippen LogP contribution in [0.4, 0.5) is 0 Å². The van der Waals surface area contributed by atoms with Crippen LogP contribution in [0.1, 0.15) is 97.5 Å². The molecule has 2 saturated heterocycles. The van der Waals surface area contributed by atoms with Gasteiger partial charge in [0.2, 0.25) is 5.91 Å². The summed E-state index contributed by atoms with van der Waals surface area (Å²) >= 11 is 0. The average molecular weight is 643 g/mol. The summed E-state index contributed by atoms with van der Waals surface area (Å²) in [5, 5.41) is 3.46. The van der Waals surface area contributed by atoms with Gasteiger partial charge < -0.3 is 29.2 Å². The van der Waals surface area contributed by atoms with Gasteiger partial charge in [0.15, 0.2) is 5.60 Å². The fourth-order valence-electron chi connectivity index (χ4n) is 8.15. The van der Waals surface area contributed by atoms with E-state index >= 15 is 4.79 Å². The standard InChI is InChI=1S/C37H58N2O7/c1-6-14-31(34(40)39-21-19-29(20-22-39)45-25-43-5)37(46-7-2,28-17-12-9-13-18-28)36(42)38-32(23-27-15-10-8-11-16-27)30-24-44-35(41)33(30)26(3)4/h9,12-13,17-18,26-27,29-33H,6-8,10-11,14-16,19-25H2,1-5H3,(H,38,42)/t30?,31?,32-,33-,37?/m0/s1. The highest BCUT2D eigenvalue weighted by molar-refractivity contribution is 5.94. The summed E-state index contributed by atoms with van der Waals surface area (Å²) in [6.07, 6.45) is 9.31. The van der Waals surface area contributed by atoms with Crippen molar-refractivity contribution >= 4 is 17.8 Å². The Morgan fingerprint density at radius 2 is 1.74 bits per heavy atom. The Labute approximate surface area is 276 Å². The van der Waals surface area contributed by atoms with Gasteiger partial charge in [0.05, 0.1) is 24.5 Å². The molecule has 3 fully saturated rings. The maximum atomic E-state index is 15.1. The first-order valence-electron chi connectivity index (χ1n) is 17.8. The van der Waals surface area contributed by atoms with Crippen molar-refractivity contribution in [3.05, 3.63) is 35.9 Å². The number of carbonyl (C=O) groups excluding carboxylic acids is 3. The van der Waals surface area contributed by atoms with Gasteiger partial charge in [-0.3, -0.25) is 14.4 Å². The average Bonchev–Trinajstić information content (AvgIpc) is 3.47. The Balaban J connectivity index is 1.71. The molecule has 2 heterocycles. The fraction of sp³-hybridized carbons (Fsp3) is 0.757. The lowest BCUT2D eigenvalue weighted by Gasteiger charge is -2.43. The van der Waals surface area contributed by atoms with Crippen LogP contribution in [0.15, 0.2) is 30.3 Å². The third-order valence-corrected chi connectivity index (χ3v) is 10.5. The van der Waals surface area contributed by atoms with Crippen molar-refractivity contribution in [1.82, 2.24) is 10.2 Å². The maximum Gasteiger partial charge on any atom is 0.309 e. The topological polar surface area (TPSA) is 103 Å². The van der Waals surface area contributed by atoms with Crippen molar-refractivity contribution in [2.75, 3.05) is 40.2 Å². The second-order valence-electron chi connectivity index (χ2n) is 13.9. The van der Waals surface area contributed by atoms with Crippen LogP contribution in [0.2, 0.25) is 0 Å². The minimum Gasteiger partial charge on any atom is -0.465 e. The van der Waals surface area contributed by atoms with Crippen LogP contribution < -0.4 is 5.32 Å². The molecule has 1 aromatic rings. The SMILES string of the molecule is CCCC(C(=O)N1CCC(OCOC)CC1)C(OCC)(C(=O)N[C@@H](CC1CCCCC1)C1COC(=O)[C@H]1C(C)C)c1ccccc1. The van der Waals surface area contributed by atoms with Crippen LogP contribution in [-0.4, -0.2) is 75.0 Å².